The quantitative estimate of drug-likeness (QED) is 0.0609. The monoisotopic (exact) mass is 646 g/mol. The van der Waals surface area contributed by atoms with E-state index in [9.17, 15) is 40.9 Å². The van der Waals surface area contributed by atoms with E-state index in [-0.39, 0.29) is 32.8 Å². The minimum absolute atomic E-state index is 0.0305. The summed E-state index contributed by atoms with van der Waals surface area (Å²) in [6.45, 7) is 3.22. The maximum Gasteiger partial charge on any atom is 0.185 e. The van der Waals surface area contributed by atoms with E-state index in [1.165, 1.54) is 14.2 Å². The Morgan fingerprint density at radius 1 is 0.727 bits per heavy atom. The largest absolute Gasteiger partial charge is 0.394 e. The topological polar surface area (TPSA) is 247 Å². The van der Waals surface area contributed by atoms with Crippen molar-refractivity contribution in [3.8, 4) is 0 Å². The fourth-order valence-electron chi connectivity index (χ4n) is 5.24. The lowest BCUT2D eigenvalue weighted by Crippen LogP contribution is -2.60. The Bertz CT molecular complexity index is 789. The number of aliphatic hydroxyl groups excluding tert-OH is 9. The Balaban J connectivity index is 1.90. The van der Waals surface area contributed by atoms with Crippen LogP contribution in [0.1, 0.15) is 27.2 Å². The normalized spacial score (nSPS) is 36.1. The molecule has 0 aromatic carbocycles. The SMILES string of the molecule is COC(OC(CO)[C@H](C)COCC1OC(CO)C(COCC2OC(CC(C)(C)OC)C(O)C(O)C2O)C(O)C1O)[C@@H](O)CO. The standard InChI is InChI=1S/C28H54O16/c1-14(18(8-30)44-27(38-4)16(32)7-29)10-40-12-20-24(35)22(33)15(19(9-31)43-20)11-41-13-21-25(36)26(37)23(34)17(42-21)6-28(2,3)39-5/h14-27,29-37H,6-13H2,1-5H3/t14-,15?,16+,17?,18?,19?,20?,21?,22?,23?,24?,25?,26?,27?/m1/s1. The van der Waals surface area contributed by atoms with Crippen molar-refractivity contribution in [2.45, 2.75) is 106 Å². The van der Waals surface area contributed by atoms with Crippen LogP contribution in [0.5, 0.6) is 0 Å². The predicted molar refractivity (Wildman–Crippen MR) is 150 cm³/mol. The van der Waals surface area contributed by atoms with Gasteiger partial charge in [0.15, 0.2) is 6.29 Å². The lowest BCUT2D eigenvalue weighted by atomic mass is 9.87. The summed E-state index contributed by atoms with van der Waals surface area (Å²) in [5.74, 6) is -1.28. The van der Waals surface area contributed by atoms with Crippen LogP contribution in [0.15, 0.2) is 0 Å². The van der Waals surface area contributed by atoms with Crippen molar-refractivity contribution in [2.24, 2.45) is 11.8 Å². The third-order valence-electron chi connectivity index (χ3n) is 8.35. The summed E-state index contributed by atoms with van der Waals surface area (Å²) in [6, 6.07) is 0. The maximum absolute atomic E-state index is 10.9. The summed E-state index contributed by atoms with van der Waals surface area (Å²) in [4.78, 5) is 0. The van der Waals surface area contributed by atoms with E-state index < -0.39 is 111 Å². The summed E-state index contributed by atoms with van der Waals surface area (Å²) in [7, 11) is 2.79. The second-order valence-corrected chi connectivity index (χ2v) is 12.2. The van der Waals surface area contributed by atoms with Gasteiger partial charge in [0, 0.05) is 32.5 Å². The Morgan fingerprint density at radius 2 is 1.30 bits per heavy atom. The van der Waals surface area contributed by atoms with Gasteiger partial charge in [-0.1, -0.05) is 6.92 Å². The van der Waals surface area contributed by atoms with E-state index in [2.05, 4.69) is 0 Å². The van der Waals surface area contributed by atoms with Gasteiger partial charge in [0.25, 0.3) is 0 Å². The van der Waals surface area contributed by atoms with Gasteiger partial charge in [-0.2, -0.15) is 0 Å². The highest BCUT2D eigenvalue weighted by Crippen LogP contribution is 2.30. The average molecular weight is 647 g/mol. The van der Waals surface area contributed by atoms with Gasteiger partial charge < -0.3 is 79.1 Å². The van der Waals surface area contributed by atoms with Crippen molar-refractivity contribution >= 4 is 0 Å². The molecule has 0 spiro atoms. The number of hydrogen-bond donors (Lipinski definition) is 9. The third kappa shape index (κ3) is 10.7. The first-order valence-corrected chi connectivity index (χ1v) is 14.9. The molecule has 0 aliphatic carbocycles. The summed E-state index contributed by atoms with van der Waals surface area (Å²) < 4.78 is 38.9. The van der Waals surface area contributed by atoms with Crippen LogP contribution >= 0.6 is 0 Å². The Labute approximate surface area is 258 Å². The average Bonchev–Trinajstić information content (AvgIpc) is 3.01. The molecule has 0 saturated carbocycles. The molecule has 0 bridgehead atoms. The third-order valence-corrected chi connectivity index (χ3v) is 8.35. The molecule has 0 aromatic rings. The molecule has 2 heterocycles. The first-order chi connectivity index (χ1) is 20.7. The molecule has 16 nitrogen and oxygen atoms in total. The predicted octanol–water partition coefficient (Wildman–Crippen LogP) is -3.88. The molecule has 2 fully saturated rings. The molecule has 2 saturated heterocycles. The molecule has 12 unspecified atom stereocenters. The summed E-state index contributed by atoms with van der Waals surface area (Å²) in [5.41, 5.74) is -0.670. The van der Waals surface area contributed by atoms with Crippen LogP contribution < -0.4 is 0 Å². The minimum Gasteiger partial charge on any atom is -0.394 e. The molecule has 0 radical (unpaired) electrons. The first kappa shape index (κ1) is 39.5. The van der Waals surface area contributed by atoms with Gasteiger partial charge >= 0.3 is 0 Å². The summed E-state index contributed by atoms with van der Waals surface area (Å²) in [6.07, 6.45) is -13.9. The van der Waals surface area contributed by atoms with Gasteiger partial charge in [0.05, 0.1) is 76.3 Å². The van der Waals surface area contributed by atoms with Gasteiger partial charge in [-0.3, -0.25) is 0 Å². The molecule has 44 heavy (non-hydrogen) atoms. The molecule has 16 heteroatoms. The van der Waals surface area contributed by atoms with E-state index in [0.29, 0.717) is 0 Å². The number of aliphatic hydroxyl groups is 9. The van der Waals surface area contributed by atoms with Crippen LogP contribution in [0.3, 0.4) is 0 Å². The maximum atomic E-state index is 10.9. The smallest absolute Gasteiger partial charge is 0.185 e. The van der Waals surface area contributed by atoms with Crippen molar-refractivity contribution in [3.05, 3.63) is 0 Å². The van der Waals surface area contributed by atoms with E-state index >= 15 is 0 Å². The van der Waals surface area contributed by atoms with Crippen LogP contribution in [0.4, 0.5) is 0 Å². The fourth-order valence-corrected chi connectivity index (χ4v) is 5.24. The van der Waals surface area contributed by atoms with E-state index in [1.807, 2.05) is 0 Å². The highest BCUT2D eigenvalue weighted by molar-refractivity contribution is 4.95. The molecule has 262 valence electrons. The van der Waals surface area contributed by atoms with Crippen molar-refractivity contribution in [3.63, 3.8) is 0 Å². The van der Waals surface area contributed by atoms with E-state index in [1.54, 1.807) is 20.8 Å². The highest BCUT2D eigenvalue weighted by Gasteiger charge is 2.47. The summed E-state index contributed by atoms with van der Waals surface area (Å²) >= 11 is 0. The van der Waals surface area contributed by atoms with Gasteiger partial charge in [0.1, 0.15) is 42.7 Å². The number of ether oxygens (including phenoxy) is 7. The molecule has 2 aliphatic heterocycles. The van der Waals surface area contributed by atoms with Crippen LogP contribution in [-0.4, -0.2) is 185 Å². The van der Waals surface area contributed by atoms with Crippen molar-refractivity contribution < 1.29 is 79.1 Å². The molecule has 9 N–H and O–H groups in total. The molecular formula is C28H54O16. The zero-order valence-corrected chi connectivity index (χ0v) is 26.1. The van der Waals surface area contributed by atoms with Gasteiger partial charge in [-0.15, -0.1) is 0 Å². The first-order valence-electron chi connectivity index (χ1n) is 14.9. The lowest BCUT2D eigenvalue weighted by Gasteiger charge is -2.44. The van der Waals surface area contributed by atoms with Gasteiger partial charge in [-0.05, 0) is 13.8 Å². The molecule has 2 rings (SSSR count). The van der Waals surface area contributed by atoms with Crippen LogP contribution in [0.2, 0.25) is 0 Å². The second-order valence-electron chi connectivity index (χ2n) is 12.2. The van der Waals surface area contributed by atoms with Crippen molar-refractivity contribution in [1.29, 1.82) is 0 Å². The van der Waals surface area contributed by atoms with Crippen LogP contribution in [0.25, 0.3) is 0 Å². The zero-order chi connectivity index (χ0) is 33.2. The molecule has 14 atom stereocenters. The molecule has 0 aromatic heterocycles. The van der Waals surface area contributed by atoms with Crippen LogP contribution in [-0.2, 0) is 33.2 Å². The highest BCUT2D eigenvalue weighted by atomic mass is 16.7. The zero-order valence-electron chi connectivity index (χ0n) is 26.1. The number of hydrogen-bond acceptors (Lipinski definition) is 16. The molecule has 0 amide bonds. The minimum atomic E-state index is -1.48. The molecule has 2 aliphatic rings. The van der Waals surface area contributed by atoms with Crippen LogP contribution in [0, 0.1) is 11.8 Å². The summed E-state index contributed by atoms with van der Waals surface area (Å²) in [5, 5.41) is 91.3. The Morgan fingerprint density at radius 3 is 1.84 bits per heavy atom. The lowest BCUT2D eigenvalue weighted by molar-refractivity contribution is -0.251. The second kappa shape index (κ2) is 18.6. The molecular weight excluding hydrogens is 592 g/mol. The number of rotatable bonds is 19. The fraction of sp³-hybridized carbons (Fsp3) is 1.00. The van der Waals surface area contributed by atoms with Crippen molar-refractivity contribution in [2.75, 3.05) is 60.5 Å². The van der Waals surface area contributed by atoms with E-state index in [4.69, 9.17) is 38.3 Å². The van der Waals surface area contributed by atoms with Gasteiger partial charge in [0.2, 0.25) is 0 Å². The Kier molecular flexibility index (Phi) is 16.7. The number of methoxy groups -OCH3 is 2. The Hall–Kier alpha value is -0.640. The van der Waals surface area contributed by atoms with E-state index in [0.717, 1.165) is 0 Å². The van der Waals surface area contributed by atoms with Crippen molar-refractivity contribution in [1.82, 2.24) is 0 Å². The van der Waals surface area contributed by atoms with Gasteiger partial charge in [-0.25, -0.2) is 0 Å².